The molecule has 20 heavy (non-hydrogen) atoms. The van der Waals surface area contributed by atoms with Crippen molar-refractivity contribution < 1.29 is 12.8 Å². The maximum absolute atomic E-state index is 13.9. The lowest BCUT2D eigenvalue weighted by atomic mass is 9.97. The highest BCUT2D eigenvalue weighted by molar-refractivity contribution is 7.89. The number of piperidine rings is 1. The first-order chi connectivity index (χ1) is 9.34. The molecule has 0 amide bonds. The van der Waals surface area contributed by atoms with Crippen molar-refractivity contribution in [1.82, 2.24) is 9.21 Å². The standard InChI is InChI=1S/C12H23FN4O2S/c1-16(2)20(18,19)9-3-5-17(6-4-9)12-10(13)7-15-8-11(12)14/h7,9-12H,3-6,8,14H2,1-2H3. The summed E-state index contributed by atoms with van der Waals surface area (Å²) in [6.07, 6.45) is 1.19. The molecule has 0 saturated carbocycles. The van der Waals surface area contributed by atoms with E-state index in [2.05, 4.69) is 4.99 Å². The summed E-state index contributed by atoms with van der Waals surface area (Å²) >= 11 is 0. The number of aliphatic imine (C=N–C) groups is 1. The topological polar surface area (TPSA) is 79.0 Å². The Labute approximate surface area is 119 Å². The molecule has 3 atom stereocenters. The molecule has 1 saturated heterocycles. The lowest BCUT2D eigenvalue weighted by molar-refractivity contribution is 0.0986. The van der Waals surface area contributed by atoms with Gasteiger partial charge in [-0.2, -0.15) is 0 Å². The van der Waals surface area contributed by atoms with E-state index < -0.39 is 16.2 Å². The largest absolute Gasteiger partial charge is 0.325 e. The van der Waals surface area contributed by atoms with Crippen LogP contribution < -0.4 is 5.73 Å². The van der Waals surface area contributed by atoms with Gasteiger partial charge in [-0.05, 0) is 25.9 Å². The van der Waals surface area contributed by atoms with Crippen molar-refractivity contribution in [2.75, 3.05) is 33.7 Å². The van der Waals surface area contributed by atoms with E-state index in [1.54, 1.807) is 14.1 Å². The third-order valence-electron chi connectivity index (χ3n) is 4.16. The summed E-state index contributed by atoms with van der Waals surface area (Å²) in [6.45, 7) is 1.55. The van der Waals surface area contributed by atoms with Gasteiger partial charge < -0.3 is 5.73 Å². The molecule has 2 aliphatic heterocycles. The number of likely N-dealkylation sites (tertiary alicyclic amines) is 1. The summed E-state index contributed by atoms with van der Waals surface area (Å²) in [5.74, 6) is 0. The van der Waals surface area contributed by atoms with Crippen LogP contribution in [-0.4, -0.2) is 81.1 Å². The van der Waals surface area contributed by atoms with Gasteiger partial charge in [-0.25, -0.2) is 17.1 Å². The summed E-state index contributed by atoms with van der Waals surface area (Å²) in [5.41, 5.74) is 5.95. The fourth-order valence-corrected chi connectivity index (χ4v) is 4.36. The van der Waals surface area contributed by atoms with E-state index in [-0.39, 0.29) is 17.3 Å². The minimum atomic E-state index is -3.23. The predicted molar refractivity (Wildman–Crippen MR) is 77.2 cm³/mol. The van der Waals surface area contributed by atoms with E-state index >= 15 is 0 Å². The van der Waals surface area contributed by atoms with Crippen LogP contribution in [0.2, 0.25) is 0 Å². The molecule has 2 N–H and O–H groups in total. The Morgan fingerprint density at radius 2 is 1.95 bits per heavy atom. The van der Waals surface area contributed by atoms with E-state index in [1.807, 2.05) is 4.90 Å². The third-order valence-corrected chi connectivity index (χ3v) is 6.49. The summed E-state index contributed by atoms with van der Waals surface area (Å²) in [5, 5.41) is -0.375. The minimum absolute atomic E-state index is 0.322. The van der Waals surface area contributed by atoms with Crippen molar-refractivity contribution in [1.29, 1.82) is 0 Å². The third kappa shape index (κ3) is 3.03. The molecular weight excluding hydrogens is 283 g/mol. The summed E-state index contributed by atoms with van der Waals surface area (Å²) in [7, 11) is -0.129. The molecule has 0 aromatic rings. The number of hydrogen-bond donors (Lipinski definition) is 1. The molecule has 0 aliphatic carbocycles. The first kappa shape index (κ1) is 15.8. The Bertz CT molecular complexity index is 460. The highest BCUT2D eigenvalue weighted by Crippen LogP contribution is 2.24. The molecular formula is C12H23FN4O2S. The molecule has 2 heterocycles. The van der Waals surface area contributed by atoms with Gasteiger partial charge in [-0.1, -0.05) is 0 Å². The van der Waals surface area contributed by atoms with Crippen molar-refractivity contribution >= 4 is 16.2 Å². The van der Waals surface area contributed by atoms with Crippen molar-refractivity contribution in [3.8, 4) is 0 Å². The van der Waals surface area contributed by atoms with Crippen LogP contribution in [0.5, 0.6) is 0 Å². The number of nitrogens with zero attached hydrogens (tertiary/aromatic N) is 3. The van der Waals surface area contributed by atoms with Crippen molar-refractivity contribution in [2.45, 2.75) is 36.3 Å². The van der Waals surface area contributed by atoms with Crippen molar-refractivity contribution in [3.63, 3.8) is 0 Å². The van der Waals surface area contributed by atoms with Gasteiger partial charge in [0.15, 0.2) is 6.17 Å². The molecule has 0 radical (unpaired) electrons. The van der Waals surface area contributed by atoms with Gasteiger partial charge in [0.05, 0.1) is 17.8 Å². The molecule has 2 aliphatic rings. The average Bonchev–Trinajstić information content (AvgIpc) is 2.39. The Morgan fingerprint density at radius 3 is 2.45 bits per heavy atom. The second-order valence-corrected chi connectivity index (χ2v) is 8.10. The summed E-state index contributed by atoms with van der Waals surface area (Å²) in [6, 6.07) is -0.701. The smallest absolute Gasteiger partial charge is 0.216 e. The Morgan fingerprint density at radius 1 is 1.35 bits per heavy atom. The zero-order valence-corrected chi connectivity index (χ0v) is 12.8. The Hall–Kier alpha value is -0.570. The van der Waals surface area contributed by atoms with Gasteiger partial charge in [0, 0.05) is 26.4 Å². The first-order valence-electron chi connectivity index (χ1n) is 6.89. The zero-order valence-electron chi connectivity index (χ0n) is 11.9. The SMILES string of the molecule is CN(C)S(=O)(=O)C1CCN(C2C(F)C=NCC2N)CC1. The van der Waals surface area contributed by atoms with E-state index in [0.29, 0.717) is 32.5 Å². The zero-order chi connectivity index (χ0) is 14.9. The molecule has 0 bridgehead atoms. The summed E-state index contributed by atoms with van der Waals surface area (Å²) in [4.78, 5) is 5.88. The number of sulfonamides is 1. The molecule has 2 rings (SSSR count). The fraction of sp³-hybridized carbons (Fsp3) is 0.917. The van der Waals surface area contributed by atoms with Gasteiger partial charge in [-0.15, -0.1) is 0 Å². The van der Waals surface area contributed by atoms with Crippen LogP contribution in [0.1, 0.15) is 12.8 Å². The molecule has 0 aromatic heterocycles. The van der Waals surface area contributed by atoms with Crippen LogP contribution in [0, 0.1) is 0 Å². The Kier molecular flexibility index (Phi) is 4.78. The Balaban J connectivity index is 2.00. The van der Waals surface area contributed by atoms with E-state index in [1.165, 1.54) is 10.5 Å². The molecule has 116 valence electrons. The highest BCUT2D eigenvalue weighted by Gasteiger charge is 2.39. The second-order valence-electron chi connectivity index (χ2n) is 5.68. The molecule has 8 heteroatoms. The van der Waals surface area contributed by atoms with Gasteiger partial charge in [0.25, 0.3) is 0 Å². The minimum Gasteiger partial charge on any atom is -0.325 e. The molecule has 6 nitrogen and oxygen atoms in total. The second kappa shape index (κ2) is 6.05. The lowest BCUT2D eigenvalue weighted by Gasteiger charge is -2.41. The van der Waals surface area contributed by atoms with E-state index in [9.17, 15) is 12.8 Å². The van der Waals surface area contributed by atoms with Crippen molar-refractivity contribution in [2.24, 2.45) is 10.7 Å². The molecule has 1 fully saturated rings. The number of nitrogens with two attached hydrogens (primary N) is 1. The van der Waals surface area contributed by atoms with Crippen LogP contribution in [-0.2, 0) is 10.0 Å². The van der Waals surface area contributed by atoms with Gasteiger partial charge >= 0.3 is 0 Å². The predicted octanol–water partition coefficient (Wildman–Crippen LogP) is -0.539. The molecule has 0 spiro atoms. The van der Waals surface area contributed by atoms with Crippen LogP contribution in [0.3, 0.4) is 0 Å². The maximum atomic E-state index is 13.9. The number of alkyl halides is 1. The van der Waals surface area contributed by atoms with Crippen LogP contribution in [0.15, 0.2) is 4.99 Å². The molecule has 3 unspecified atom stereocenters. The van der Waals surface area contributed by atoms with Gasteiger partial charge in [0.1, 0.15) is 0 Å². The monoisotopic (exact) mass is 306 g/mol. The normalized spacial score (nSPS) is 33.8. The average molecular weight is 306 g/mol. The summed E-state index contributed by atoms with van der Waals surface area (Å²) < 4.78 is 39.4. The quantitative estimate of drug-likeness (QED) is 0.759. The first-order valence-corrected chi connectivity index (χ1v) is 8.39. The maximum Gasteiger partial charge on any atom is 0.216 e. The van der Waals surface area contributed by atoms with Gasteiger partial charge in [0.2, 0.25) is 10.0 Å². The van der Waals surface area contributed by atoms with E-state index in [4.69, 9.17) is 5.73 Å². The fourth-order valence-electron chi connectivity index (χ4n) is 2.96. The lowest BCUT2D eigenvalue weighted by Crippen LogP contribution is -2.59. The van der Waals surface area contributed by atoms with Crippen LogP contribution in [0.25, 0.3) is 0 Å². The number of rotatable bonds is 3. The number of hydrogen-bond acceptors (Lipinski definition) is 5. The highest BCUT2D eigenvalue weighted by atomic mass is 32.2. The molecule has 0 aromatic carbocycles. The van der Waals surface area contributed by atoms with Crippen molar-refractivity contribution in [3.05, 3.63) is 0 Å². The van der Waals surface area contributed by atoms with E-state index in [0.717, 1.165) is 0 Å². The number of halogens is 1. The van der Waals surface area contributed by atoms with Gasteiger partial charge in [-0.3, -0.25) is 9.89 Å². The van der Waals surface area contributed by atoms with Crippen LogP contribution in [0.4, 0.5) is 4.39 Å². The van der Waals surface area contributed by atoms with Crippen LogP contribution >= 0.6 is 0 Å².